The van der Waals surface area contributed by atoms with Gasteiger partial charge in [-0.1, -0.05) is 30.3 Å². The summed E-state index contributed by atoms with van der Waals surface area (Å²) in [5, 5.41) is 11.6. The summed E-state index contributed by atoms with van der Waals surface area (Å²) in [4.78, 5) is 26.6. The minimum absolute atomic E-state index is 0.0804. The molecule has 0 aliphatic carbocycles. The SMILES string of the molecule is O=C(O)CC(CNC(=O)OCc1ccccc1)c1ccncc1. The highest BCUT2D eigenvalue weighted by Crippen LogP contribution is 2.18. The Morgan fingerprint density at radius 1 is 1.13 bits per heavy atom. The topological polar surface area (TPSA) is 88.5 Å². The molecule has 6 heteroatoms. The molecule has 0 radical (unpaired) electrons. The minimum atomic E-state index is -0.925. The van der Waals surface area contributed by atoms with Crippen molar-refractivity contribution in [3.05, 3.63) is 66.0 Å². The molecule has 0 spiro atoms. The van der Waals surface area contributed by atoms with Crippen LogP contribution in [0.15, 0.2) is 54.9 Å². The van der Waals surface area contributed by atoms with Crippen LogP contribution in [0.25, 0.3) is 0 Å². The van der Waals surface area contributed by atoms with E-state index >= 15 is 0 Å². The van der Waals surface area contributed by atoms with Gasteiger partial charge in [-0.3, -0.25) is 9.78 Å². The summed E-state index contributed by atoms with van der Waals surface area (Å²) in [5.74, 6) is -1.26. The predicted molar refractivity (Wildman–Crippen MR) is 83.9 cm³/mol. The second-order valence-corrected chi connectivity index (χ2v) is 5.02. The van der Waals surface area contributed by atoms with Gasteiger partial charge in [-0.05, 0) is 23.3 Å². The maximum Gasteiger partial charge on any atom is 0.407 e. The third-order valence-electron chi connectivity index (χ3n) is 3.30. The maximum atomic E-state index is 11.7. The Kier molecular flexibility index (Phi) is 6.11. The van der Waals surface area contributed by atoms with E-state index in [1.165, 1.54) is 0 Å². The summed E-state index contributed by atoms with van der Waals surface area (Å²) in [7, 11) is 0. The Hall–Kier alpha value is -2.89. The van der Waals surface area contributed by atoms with E-state index in [0.29, 0.717) is 0 Å². The molecule has 2 N–H and O–H groups in total. The fourth-order valence-corrected chi connectivity index (χ4v) is 2.13. The van der Waals surface area contributed by atoms with E-state index in [9.17, 15) is 9.59 Å². The van der Waals surface area contributed by atoms with Crippen molar-refractivity contribution in [2.24, 2.45) is 0 Å². The number of aromatic nitrogens is 1. The lowest BCUT2D eigenvalue weighted by Gasteiger charge is -2.16. The van der Waals surface area contributed by atoms with Gasteiger partial charge in [0.1, 0.15) is 6.61 Å². The molecule has 0 fully saturated rings. The van der Waals surface area contributed by atoms with Gasteiger partial charge >= 0.3 is 12.1 Å². The Morgan fingerprint density at radius 2 is 1.83 bits per heavy atom. The summed E-state index contributed by atoms with van der Waals surface area (Å²) < 4.78 is 5.11. The lowest BCUT2D eigenvalue weighted by molar-refractivity contribution is -0.137. The Balaban J connectivity index is 1.85. The van der Waals surface area contributed by atoms with E-state index in [1.54, 1.807) is 24.5 Å². The van der Waals surface area contributed by atoms with Gasteiger partial charge in [0.05, 0.1) is 6.42 Å². The molecule has 0 aliphatic rings. The standard InChI is InChI=1S/C17H18N2O4/c20-16(21)10-15(14-6-8-18-9-7-14)11-19-17(22)23-12-13-4-2-1-3-5-13/h1-9,15H,10-12H2,(H,19,22)(H,20,21). The molecule has 0 saturated heterocycles. The molecule has 1 aromatic heterocycles. The molecule has 1 unspecified atom stereocenters. The lowest BCUT2D eigenvalue weighted by atomic mass is 9.97. The van der Waals surface area contributed by atoms with Crippen molar-refractivity contribution in [3.8, 4) is 0 Å². The number of nitrogens with one attached hydrogen (secondary N) is 1. The van der Waals surface area contributed by atoms with Crippen LogP contribution in [0.5, 0.6) is 0 Å². The number of carbonyl (C=O) groups is 2. The van der Waals surface area contributed by atoms with Crippen molar-refractivity contribution in [3.63, 3.8) is 0 Å². The van der Waals surface area contributed by atoms with E-state index in [4.69, 9.17) is 9.84 Å². The second-order valence-electron chi connectivity index (χ2n) is 5.02. The number of pyridine rings is 1. The zero-order chi connectivity index (χ0) is 16.5. The number of rotatable bonds is 7. The van der Waals surface area contributed by atoms with E-state index < -0.39 is 12.1 Å². The van der Waals surface area contributed by atoms with Gasteiger partial charge in [-0.2, -0.15) is 0 Å². The zero-order valence-corrected chi connectivity index (χ0v) is 12.5. The summed E-state index contributed by atoms with van der Waals surface area (Å²) in [6.45, 7) is 0.357. The van der Waals surface area contributed by atoms with Crippen molar-refractivity contribution >= 4 is 12.1 Å². The first-order chi connectivity index (χ1) is 11.1. The van der Waals surface area contributed by atoms with Gasteiger partial charge < -0.3 is 15.2 Å². The molecular weight excluding hydrogens is 296 g/mol. The first kappa shape index (κ1) is 16.5. The highest BCUT2D eigenvalue weighted by atomic mass is 16.5. The normalized spacial score (nSPS) is 11.5. The smallest absolute Gasteiger partial charge is 0.407 e. The number of hydrogen-bond donors (Lipinski definition) is 2. The number of carboxylic acids is 1. The van der Waals surface area contributed by atoms with Crippen molar-refractivity contribution in [2.75, 3.05) is 6.54 Å². The van der Waals surface area contributed by atoms with Gasteiger partial charge in [-0.25, -0.2) is 4.79 Å². The Morgan fingerprint density at radius 3 is 2.48 bits per heavy atom. The third-order valence-corrected chi connectivity index (χ3v) is 3.30. The average molecular weight is 314 g/mol. The predicted octanol–water partition coefficient (Wildman–Crippen LogP) is 2.57. The number of carbonyl (C=O) groups excluding carboxylic acids is 1. The highest BCUT2D eigenvalue weighted by Gasteiger charge is 2.17. The van der Waals surface area contributed by atoms with Gasteiger partial charge in [0, 0.05) is 24.9 Å². The Labute approximate surface area is 134 Å². The zero-order valence-electron chi connectivity index (χ0n) is 12.5. The number of carboxylic acid groups (broad SMARTS) is 1. The van der Waals surface area contributed by atoms with Gasteiger partial charge in [0.25, 0.3) is 0 Å². The molecule has 23 heavy (non-hydrogen) atoms. The Bertz CT molecular complexity index is 632. The van der Waals surface area contributed by atoms with Crippen LogP contribution < -0.4 is 5.32 Å². The van der Waals surface area contributed by atoms with E-state index in [-0.39, 0.29) is 25.5 Å². The molecule has 0 aliphatic heterocycles. The summed E-state index contributed by atoms with van der Waals surface area (Å²) >= 11 is 0. The van der Waals surface area contributed by atoms with Crippen LogP contribution in [-0.2, 0) is 16.1 Å². The van der Waals surface area contributed by atoms with Crippen molar-refractivity contribution < 1.29 is 19.4 Å². The van der Waals surface area contributed by atoms with E-state index in [2.05, 4.69) is 10.3 Å². The van der Waals surface area contributed by atoms with Gasteiger partial charge in [-0.15, -0.1) is 0 Å². The molecule has 2 aromatic rings. The third kappa shape index (κ3) is 5.78. The molecule has 1 aromatic carbocycles. The van der Waals surface area contributed by atoms with E-state index in [0.717, 1.165) is 11.1 Å². The molecular formula is C17H18N2O4. The lowest BCUT2D eigenvalue weighted by Crippen LogP contribution is -2.30. The number of alkyl carbamates (subject to hydrolysis) is 1. The fourth-order valence-electron chi connectivity index (χ4n) is 2.13. The highest BCUT2D eigenvalue weighted by molar-refractivity contribution is 5.69. The molecule has 1 amide bonds. The second kappa shape index (κ2) is 8.53. The number of aliphatic carboxylic acids is 1. The van der Waals surface area contributed by atoms with Crippen LogP contribution in [-0.4, -0.2) is 28.7 Å². The van der Waals surface area contributed by atoms with Gasteiger partial charge in [0.15, 0.2) is 0 Å². The number of amides is 1. The largest absolute Gasteiger partial charge is 0.481 e. The first-order valence-electron chi connectivity index (χ1n) is 7.21. The van der Waals surface area contributed by atoms with Crippen LogP contribution in [0.2, 0.25) is 0 Å². The first-order valence-corrected chi connectivity index (χ1v) is 7.21. The number of ether oxygens (including phenoxy) is 1. The van der Waals surface area contributed by atoms with Crippen LogP contribution in [0.4, 0.5) is 4.79 Å². The van der Waals surface area contributed by atoms with Crippen molar-refractivity contribution in [1.29, 1.82) is 0 Å². The number of hydrogen-bond acceptors (Lipinski definition) is 4. The summed E-state index contributed by atoms with van der Waals surface area (Å²) in [6, 6.07) is 12.8. The molecule has 2 rings (SSSR count). The average Bonchev–Trinajstić information content (AvgIpc) is 2.58. The molecule has 1 atom stereocenters. The molecule has 1 heterocycles. The van der Waals surface area contributed by atoms with Crippen LogP contribution in [0.3, 0.4) is 0 Å². The van der Waals surface area contributed by atoms with Crippen molar-refractivity contribution in [1.82, 2.24) is 10.3 Å². The van der Waals surface area contributed by atoms with Crippen LogP contribution in [0.1, 0.15) is 23.5 Å². The molecule has 120 valence electrons. The summed E-state index contributed by atoms with van der Waals surface area (Å²) in [6.07, 6.45) is 2.54. The fraction of sp³-hybridized carbons (Fsp3) is 0.235. The number of benzene rings is 1. The van der Waals surface area contributed by atoms with Gasteiger partial charge in [0.2, 0.25) is 0 Å². The van der Waals surface area contributed by atoms with E-state index in [1.807, 2.05) is 30.3 Å². The molecule has 0 saturated carbocycles. The van der Waals surface area contributed by atoms with Crippen molar-refractivity contribution in [2.45, 2.75) is 18.9 Å². The quantitative estimate of drug-likeness (QED) is 0.820. The maximum absolute atomic E-state index is 11.7. The monoisotopic (exact) mass is 314 g/mol. The van der Waals surface area contributed by atoms with Crippen LogP contribution in [0, 0.1) is 0 Å². The van der Waals surface area contributed by atoms with Crippen LogP contribution >= 0.6 is 0 Å². The molecule has 0 bridgehead atoms. The molecule has 6 nitrogen and oxygen atoms in total. The minimum Gasteiger partial charge on any atom is -0.481 e. The number of nitrogens with zero attached hydrogens (tertiary/aromatic N) is 1. The summed E-state index contributed by atoms with van der Waals surface area (Å²) in [5.41, 5.74) is 1.70.